The van der Waals surface area contributed by atoms with Crippen LogP contribution in [0.3, 0.4) is 0 Å². The van der Waals surface area contributed by atoms with Crippen LogP contribution in [-0.2, 0) is 20.1 Å². The molecule has 3 rings (SSSR count). The van der Waals surface area contributed by atoms with Gasteiger partial charge in [-0.05, 0) is 48.1 Å². The van der Waals surface area contributed by atoms with E-state index < -0.39 is 12.2 Å². The number of nitrogens with zero attached hydrogens (tertiary/aromatic N) is 2. The van der Waals surface area contributed by atoms with Gasteiger partial charge in [0.25, 0.3) is 0 Å². The molecule has 3 aromatic rings. The minimum absolute atomic E-state index is 0. The van der Waals surface area contributed by atoms with Crippen molar-refractivity contribution in [2.24, 2.45) is 10.8 Å². The van der Waals surface area contributed by atoms with Crippen molar-refractivity contribution in [3.8, 4) is 22.5 Å². The third-order valence-electron chi connectivity index (χ3n) is 6.05. The molecule has 2 N–H and O–H groups in total. The van der Waals surface area contributed by atoms with E-state index in [1.807, 2.05) is 47.6 Å². The summed E-state index contributed by atoms with van der Waals surface area (Å²) in [7, 11) is 0. The van der Waals surface area contributed by atoms with E-state index in [2.05, 4.69) is 74.1 Å². The Morgan fingerprint density at radius 1 is 0.694 bits per heavy atom. The first-order valence-electron chi connectivity index (χ1n) is 12.3. The summed E-state index contributed by atoms with van der Waals surface area (Å²) in [6.07, 6.45) is 1.20. The monoisotopic (exact) mass is 668 g/mol. The van der Waals surface area contributed by atoms with Crippen LogP contribution in [0, 0.1) is 44.6 Å². The molecular weight excluding hydrogens is 625 g/mol. The first-order chi connectivity index (χ1) is 16.1. The van der Waals surface area contributed by atoms with Crippen LogP contribution in [0.2, 0.25) is 0 Å². The topological polar surface area (TPSA) is 66.2 Å². The third-order valence-corrected chi connectivity index (χ3v) is 6.05. The predicted octanol–water partition coefficient (Wildman–Crippen LogP) is 7.03. The van der Waals surface area contributed by atoms with Crippen LogP contribution in [0.15, 0.2) is 42.7 Å². The third kappa shape index (κ3) is 9.86. The smallest absolute Gasteiger partial charge is 0.106 e. The van der Waals surface area contributed by atoms with Gasteiger partial charge < -0.3 is 10.2 Å². The zero-order valence-corrected chi connectivity index (χ0v) is 25.9. The maximum atomic E-state index is 9.76. The molecule has 2 aromatic carbocycles. The summed E-state index contributed by atoms with van der Waals surface area (Å²) < 4.78 is 0. The molecule has 199 valence electrons. The Morgan fingerprint density at radius 2 is 1.17 bits per heavy atom. The van der Waals surface area contributed by atoms with E-state index in [4.69, 9.17) is 0 Å². The molecule has 0 saturated carbocycles. The van der Waals surface area contributed by atoms with E-state index >= 15 is 0 Å². The van der Waals surface area contributed by atoms with Crippen molar-refractivity contribution in [3.05, 3.63) is 71.0 Å². The molecule has 1 heterocycles. The minimum Gasteiger partial charge on any atom is -0.392 e. The number of rotatable bonds is 4. The van der Waals surface area contributed by atoms with Gasteiger partial charge in [-0.1, -0.05) is 78.6 Å². The van der Waals surface area contributed by atoms with Gasteiger partial charge in [0.15, 0.2) is 0 Å². The number of aliphatic hydroxyl groups excluding tert-OH is 2. The Morgan fingerprint density at radius 3 is 1.64 bits per heavy atom. The maximum absolute atomic E-state index is 9.76. The van der Waals surface area contributed by atoms with Crippen LogP contribution < -0.4 is 0 Å². The van der Waals surface area contributed by atoms with Gasteiger partial charge in [-0.3, -0.25) is 4.98 Å². The molecule has 0 aliphatic rings. The van der Waals surface area contributed by atoms with Gasteiger partial charge in [0.05, 0.1) is 17.9 Å². The van der Waals surface area contributed by atoms with Gasteiger partial charge in [0.1, 0.15) is 6.33 Å². The SMILES string of the molecule is CC(C)(C)C(O)CC(O)C(C)(C)C.Cc1[c-]c(-c2cc(-c3cc(C)cc(C)c3)ncn2)cc(C)c1.[Ir]. The van der Waals surface area contributed by atoms with Gasteiger partial charge in [-0.25, -0.2) is 4.98 Å². The van der Waals surface area contributed by atoms with Crippen LogP contribution in [0.5, 0.6) is 0 Å². The molecule has 0 spiro atoms. The first kappa shape index (κ1) is 32.1. The Hall–Kier alpha value is -1.91. The van der Waals surface area contributed by atoms with Gasteiger partial charge in [-0.15, -0.1) is 34.9 Å². The van der Waals surface area contributed by atoms with Gasteiger partial charge >= 0.3 is 0 Å². The van der Waals surface area contributed by atoms with E-state index in [1.165, 1.54) is 16.7 Å². The molecule has 2 unspecified atom stereocenters. The number of aryl methyl sites for hydroxylation is 4. The summed E-state index contributed by atoms with van der Waals surface area (Å²) >= 11 is 0. The van der Waals surface area contributed by atoms with E-state index in [0.717, 1.165) is 28.1 Å². The molecule has 0 fully saturated rings. The van der Waals surface area contributed by atoms with Crippen molar-refractivity contribution in [1.29, 1.82) is 0 Å². The van der Waals surface area contributed by atoms with Gasteiger partial charge in [0.2, 0.25) is 0 Å². The van der Waals surface area contributed by atoms with Crippen molar-refractivity contribution in [1.82, 2.24) is 9.97 Å². The summed E-state index contributed by atoms with van der Waals surface area (Å²) in [4.78, 5) is 8.86. The van der Waals surface area contributed by atoms with Gasteiger partial charge in [0, 0.05) is 26.5 Å². The zero-order valence-electron chi connectivity index (χ0n) is 23.5. The van der Waals surface area contributed by atoms with E-state index in [-0.39, 0.29) is 30.9 Å². The Kier molecular flexibility index (Phi) is 11.6. The Balaban J connectivity index is 0.000000402. The number of hydrogen-bond acceptors (Lipinski definition) is 4. The molecule has 0 bridgehead atoms. The van der Waals surface area contributed by atoms with Crippen molar-refractivity contribution in [3.63, 3.8) is 0 Å². The predicted molar refractivity (Wildman–Crippen MR) is 146 cm³/mol. The standard InChI is InChI=1S/C20H19N2.C11H24O2.Ir/c1-13-5-14(2)8-17(7-13)19-11-20(22-12-21-19)18-9-15(3)6-16(4)10-18;1-10(2,3)8(12)7-9(13)11(4,5)6;/h5-9,11-12H,1-4H3;8-9,12-13H,7H2,1-6H3;/q-1;;. The molecule has 0 aliphatic carbocycles. The van der Waals surface area contributed by atoms with Crippen LogP contribution >= 0.6 is 0 Å². The average molecular weight is 668 g/mol. The Bertz CT molecular complexity index is 1000. The quantitative estimate of drug-likeness (QED) is 0.293. The second-order valence-corrected chi connectivity index (χ2v) is 11.9. The van der Waals surface area contributed by atoms with Crippen molar-refractivity contribution >= 4 is 0 Å². The fourth-order valence-corrected chi connectivity index (χ4v) is 3.74. The number of hydrogen-bond donors (Lipinski definition) is 2. The minimum atomic E-state index is -0.443. The summed E-state index contributed by atoms with van der Waals surface area (Å²) in [5, 5.41) is 19.5. The van der Waals surface area contributed by atoms with Crippen LogP contribution in [0.25, 0.3) is 22.5 Å². The molecule has 1 aromatic heterocycles. The van der Waals surface area contributed by atoms with E-state index in [1.54, 1.807) is 6.33 Å². The molecule has 1 radical (unpaired) electrons. The first-order valence-corrected chi connectivity index (χ1v) is 12.3. The molecular formula is C31H43IrN2O2-. The maximum Gasteiger partial charge on any atom is 0.106 e. The summed E-state index contributed by atoms with van der Waals surface area (Å²) in [6, 6.07) is 16.1. The van der Waals surface area contributed by atoms with Crippen molar-refractivity contribution in [2.75, 3.05) is 0 Å². The Labute approximate surface area is 232 Å². The van der Waals surface area contributed by atoms with Crippen molar-refractivity contribution in [2.45, 2.75) is 87.9 Å². The molecule has 5 heteroatoms. The fourth-order valence-electron chi connectivity index (χ4n) is 3.74. The second kappa shape index (κ2) is 13.1. The normalized spacial score (nSPS) is 13.2. The molecule has 0 amide bonds. The molecule has 36 heavy (non-hydrogen) atoms. The van der Waals surface area contributed by atoms with Crippen LogP contribution in [0.1, 0.15) is 70.2 Å². The van der Waals surface area contributed by atoms with Gasteiger partial charge in [-0.2, -0.15) is 0 Å². The molecule has 4 nitrogen and oxygen atoms in total. The van der Waals surface area contributed by atoms with Crippen molar-refractivity contribution < 1.29 is 30.3 Å². The fraction of sp³-hybridized carbons (Fsp3) is 0.484. The van der Waals surface area contributed by atoms with E-state index in [9.17, 15) is 10.2 Å². The van der Waals surface area contributed by atoms with Crippen LogP contribution in [0.4, 0.5) is 0 Å². The second-order valence-electron chi connectivity index (χ2n) is 11.9. The number of aromatic nitrogens is 2. The van der Waals surface area contributed by atoms with Crippen LogP contribution in [-0.4, -0.2) is 32.4 Å². The molecule has 0 saturated heterocycles. The summed E-state index contributed by atoms with van der Waals surface area (Å²) in [5.74, 6) is 0. The van der Waals surface area contributed by atoms with E-state index in [0.29, 0.717) is 6.42 Å². The number of benzene rings is 2. The molecule has 0 aliphatic heterocycles. The summed E-state index contributed by atoms with van der Waals surface area (Å²) in [6.45, 7) is 20.2. The largest absolute Gasteiger partial charge is 0.392 e. The number of aliphatic hydroxyl groups is 2. The molecule has 2 atom stereocenters. The average Bonchev–Trinajstić information content (AvgIpc) is 2.71. The summed E-state index contributed by atoms with van der Waals surface area (Å²) in [5.41, 5.74) is 8.55. The zero-order chi connectivity index (χ0) is 26.6.